The number of para-hydroxylation sites is 2. The number of nitrogens with one attached hydrogen (secondary N) is 1. The van der Waals surface area contributed by atoms with Crippen LogP contribution in [0.1, 0.15) is 16.7 Å². The van der Waals surface area contributed by atoms with Gasteiger partial charge in [-0.15, -0.1) is 0 Å². The summed E-state index contributed by atoms with van der Waals surface area (Å²) in [5, 5.41) is 30.4. The monoisotopic (exact) mass is 387 g/mol. The van der Waals surface area contributed by atoms with Gasteiger partial charge in [-0.05, 0) is 30.7 Å². The predicted octanol–water partition coefficient (Wildman–Crippen LogP) is 3.33. The standard InChI is InChI=1S/C20H13N5O4/c1-11-13(9-21)19-23-15-4-2-3-5-17(15)24(19)20(27)14(11)10-22-16-7-6-12(25(28)29)8-18(16)26/h2-8,10,23,26H,1H3. The fraction of sp³-hybridized carbons (Fsp3) is 0.0500. The first-order valence-electron chi connectivity index (χ1n) is 8.50. The molecule has 2 heterocycles. The number of aliphatic imine (C=N–C) groups is 1. The number of nitro groups is 1. The molecule has 9 heteroatoms. The Morgan fingerprint density at radius 2 is 2.07 bits per heavy atom. The number of phenolic OH excluding ortho intramolecular Hbond substituents is 1. The Hall–Kier alpha value is -4.45. The summed E-state index contributed by atoms with van der Waals surface area (Å²) in [5.41, 5.74) is 2.07. The number of nitriles is 1. The quantitative estimate of drug-likeness (QED) is 0.316. The molecule has 0 aliphatic rings. The van der Waals surface area contributed by atoms with E-state index in [2.05, 4.69) is 16.0 Å². The molecule has 4 aromatic rings. The van der Waals surface area contributed by atoms with Gasteiger partial charge in [-0.3, -0.25) is 24.3 Å². The van der Waals surface area contributed by atoms with Crippen molar-refractivity contribution in [2.45, 2.75) is 6.92 Å². The first-order chi connectivity index (χ1) is 13.9. The van der Waals surface area contributed by atoms with Gasteiger partial charge < -0.3 is 10.1 Å². The summed E-state index contributed by atoms with van der Waals surface area (Å²) in [4.78, 5) is 30.5. The van der Waals surface area contributed by atoms with Crippen LogP contribution in [0, 0.1) is 28.4 Å². The number of nitro benzene ring substituents is 1. The van der Waals surface area contributed by atoms with Crippen LogP contribution in [0.2, 0.25) is 0 Å². The number of aromatic amines is 1. The number of pyridine rings is 1. The number of fused-ring (bicyclic) bond motifs is 3. The van der Waals surface area contributed by atoms with E-state index in [0.717, 1.165) is 6.07 Å². The molecular weight excluding hydrogens is 374 g/mol. The predicted molar refractivity (Wildman–Crippen MR) is 107 cm³/mol. The lowest BCUT2D eigenvalue weighted by Gasteiger charge is -2.05. The highest BCUT2D eigenvalue weighted by molar-refractivity contribution is 5.89. The molecule has 2 aromatic heterocycles. The Bertz CT molecular complexity index is 1440. The molecule has 29 heavy (non-hydrogen) atoms. The van der Waals surface area contributed by atoms with Crippen molar-refractivity contribution < 1.29 is 10.0 Å². The highest BCUT2D eigenvalue weighted by atomic mass is 16.6. The fourth-order valence-corrected chi connectivity index (χ4v) is 3.21. The van der Waals surface area contributed by atoms with Crippen molar-refractivity contribution in [1.82, 2.24) is 9.38 Å². The summed E-state index contributed by atoms with van der Waals surface area (Å²) in [5.74, 6) is -0.387. The molecule has 142 valence electrons. The average molecular weight is 387 g/mol. The molecule has 0 fully saturated rings. The molecule has 0 aliphatic heterocycles. The normalized spacial score (nSPS) is 11.3. The zero-order chi connectivity index (χ0) is 20.7. The smallest absolute Gasteiger partial charge is 0.273 e. The number of hydrogen-bond acceptors (Lipinski definition) is 6. The molecule has 0 amide bonds. The number of aromatic nitrogens is 2. The Balaban J connectivity index is 1.94. The van der Waals surface area contributed by atoms with Crippen LogP contribution in [0.25, 0.3) is 16.7 Å². The maximum atomic E-state index is 13.1. The van der Waals surface area contributed by atoms with Crippen LogP contribution >= 0.6 is 0 Å². The van der Waals surface area contributed by atoms with Crippen molar-refractivity contribution in [2.24, 2.45) is 4.99 Å². The number of aromatic hydroxyl groups is 1. The molecular formula is C20H13N5O4. The van der Waals surface area contributed by atoms with Crippen LogP contribution in [-0.2, 0) is 0 Å². The molecule has 0 spiro atoms. The minimum absolute atomic E-state index is 0.0666. The molecule has 9 nitrogen and oxygen atoms in total. The molecule has 0 bridgehead atoms. The lowest BCUT2D eigenvalue weighted by molar-refractivity contribution is -0.384. The van der Waals surface area contributed by atoms with Crippen LogP contribution in [0.5, 0.6) is 5.75 Å². The van der Waals surface area contributed by atoms with Gasteiger partial charge in [0, 0.05) is 12.3 Å². The van der Waals surface area contributed by atoms with Gasteiger partial charge in [0.25, 0.3) is 11.2 Å². The van der Waals surface area contributed by atoms with Crippen LogP contribution in [0.15, 0.2) is 52.3 Å². The summed E-state index contributed by atoms with van der Waals surface area (Å²) >= 11 is 0. The molecule has 0 radical (unpaired) electrons. The van der Waals surface area contributed by atoms with E-state index in [9.17, 15) is 25.3 Å². The van der Waals surface area contributed by atoms with E-state index in [1.54, 1.807) is 25.1 Å². The molecule has 2 N–H and O–H groups in total. The lowest BCUT2D eigenvalue weighted by Crippen LogP contribution is -2.20. The van der Waals surface area contributed by atoms with Gasteiger partial charge in [0.05, 0.1) is 33.1 Å². The van der Waals surface area contributed by atoms with Gasteiger partial charge in [-0.2, -0.15) is 5.26 Å². The lowest BCUT2D eigenvalue weighted by atomic mass is 10.1. The van der Waals surface area contributed by atoms with Gasteiger partial charge >= 0.3 is 0 Å². The molecule has 0 aliphatic carbocycles. The van der Waals surface area contributed by atoms with Gasteiger partial charge in [-0.1, -0.05) is 12.1 Å². The number of non-ortho nitro benzene ring substituents is 1. The molecule has 0 saturated heterocycles. The van der Waals surface area contributed by atoms with E-state index in [0.29, 0.717) is 27.8 Å². The van der Waals surface area contributed by atoms with Crippen molar-refractivity contribution in [2.75, 3.05) is 0 Å². The van der Waals surface area contributed by atoms with Crippen molar-refractivity contribution >= 4 is 34.3 Å². The summed E-state index contributed by atoms with van der Waals surface area (Å²) in [6, 6.07) is 12.8. The third-order valence-electron chi connectivity index (χ3n) is 4.69. The average Bonchev–Trinajstić information content (AvgIpc) is 3.08. The summed E-state index contributed by atoms with van der Waals surface area (Å²) < 4.78 is 1.41. The number of rotatable bonds is 3. The number of imidazole rings is 1. The van der Waals surface area contributed by atoms with Crippen LogP contribution in [0.4, 0.5) is 11.4 Å². The summed E-state index contributed by atoms with van der Waals surface area (Å²) in [6.07, 6.45) is 1.26. The van der Waals surface area contributed by atoms with Crippen molar-refractivity contribution in [3.63, 3.8) is 0 Å². The van der Waals surface area contributed by atoms with E-state index in [-0.39, 0.29) is 28.2 Å². The van der Waals surface area contributed by atoms with Gasteiger partial charge in [0.2, 0.25) is 0 Å². The van der Waals surface area contributed by atoms with Gasteiger partial charge in [-0.25, -0.2) is 0 Å². The molecule has 0 atom stereocenters. The second kappa shape index (κ2) is 6.61. The Morgan fingerprint density at radius 3 is 2.76 bits per heavy atom. The van der Waals surface area contributed by atoms with Crippen LogP contribution < -0.4 is 5.56 Å². The second-order valence-corrected chi connectivity index (χ2v) is 6.35. The SMILES string of the molecule is Cc1c(C=Nc2ccc([N+](=O)[O-])cc2O)c(=O)n2c([nH]c3ccccc32)c1C#N. The summed E-state index contributed by atoms with van der Waals surface area (Å²) in [6.45, 7) is 1.64. The fourth-order valence-electron chi connectivity index (χ4n) is 3.21. The first kappa shape index (κ1) is 17.9. The Kier molecular flexibility index (Phi) is 4.09. The molecule has 0 unspecified atom stereocenters. The van der Waals surface area contributed by atoms with Gasteiger partial charge in [0.1, 0.15) is 23.2 Å². The summed E-state index contributed by atoms with van der Waals surface area (Å²) in [7, 11) is 0. The minimum atomic E-state index is -0.631. The van der Waals surface area contributed by atoms with Crippen LogP contribution in [-0.4, -0.2) is 25.6 Å². The molecule has 0 saturated carbocycles. The number of hydrogen-bond donors (Lipinski definition) is 2. The van der Waals surface area contributed by atoms with Crippen molar-refractivity contribution in [3.05, 3.63) is 79.6 Å². The minimum Gasteiger partial charge on any atom is -0.505 e. The van der Waals surface area contributed by atoms with Gasteiger partial charge in [0.15, 0.2) is 0 Å². The maximum Gasteiger partial charge on any atom is 0.273 e. The number of H-pyrrole nitrogens is 1. The third kappa shape index (κ3) is 2.80. The highest BCUT2D eigenvalue weighted by Crippen LogP contribution is 2.30. The van der Waals surface area contributed by atoms with E-state index in [1.165, 1.54) is 22.7 Å². The zero-order valence-corrected chi connectivity index (χ0v) is 15.1. The van der Waals surface area contributed by atoms with E-state index >= 15 is 0 Å². The topological polar surface area (TPSA) is 137 Å². The second-order valence-electron chi connectivity index (χ2n) is 6.35. The van der Waals surface area contributed by atoms with Crippen LogP contribution in [0.3, 0.4) is 0 Å². The number of phenols is 1. The van der Waals surface area contributed by atoms with Crippen molar-refractivity contribution in [1.29, 1.82) is 5.26 Å². The number of nitrogens with zero attached hydrogens (tertiary/aromatic N) is 4. The first-order valence-corrected chi connectivity index (χ1v) is 8.50. The third-order valence-corrected chi connectivity index (χ3v) is 4.69. The Labute approximate surface area is 162 Å². The maximum absolute atomic E-state index is 13.1. The molecule has 2 aromatic carbocycles. The highest BCUT2D eigenvalue weighted by Gasteiger charge is 2.17. The van der Waals surface area contributed by atoms with E-state index < -0.39 is 4.92 Å². The van der Waals surface area contributed by atoms with E-state index in [1.807, 2.05) is 6.07 Å². The molecule has 4 rings (SSSR count). The van der Waals surface area contributed by atoms with Crippen molar-refractivity contribution in [3.8, 4) is 11.8 Å². The number of benzene rings is 2. The van der Waals surface area contributed by atoms with E-state index in [4.69, 9.17) is 0 Å². The zero-order valence-electron chi connectivity index (χ0n) is 15.1. The largest absolute Gasteiger partial charge is 0.505 e. The Morgan fingerprint density at radius 1 is 1.31 bits per heavy atom.